The summed E-state index contributed by atoms with van der Waals surface area (Å²) in [5, 5.41) is 3.36. The molecular formula is C26H20Cl2P2Ti. The van der Waals surface area contributed by atoms with Crippen molar-refractivity contribution in [1.82, 2.24) is 0 Å². The van der Waals surface area contributed by atoms with Crippen LogP contribution in [0.2, 0.25) is 0 Å². The normalized spacial score (nSPS) is 18.1. The Morgan fingerprint density at radius 3 is 1.32 bits per heavy atom. The van der Waals surface area contributed by atoms with E-state index < -0.39 is 0 Å². The van der Waals surface area contributed by atoms with Crippen molar-refractivity contribution in [1.29, 1.82) is 0 Å². The van der Waals surface area contributed by atoms with Gasteiger partial charge in [-0.3, -0.25) is 0 Å². The van der Waals surface area contributed by atoms with E-state index >= 15 is 0 Å². The molecule has 0 bridgehead atoms. The van der Waals surface area contributed by atoms with Crippen molar-refractivity contribution in [2.75, 3.05) is 0 Å². The second kappa shape index (κ2) is 9.73. The minimum Gasteiger partial charge on any atom is -1.00 e. The van der Waals surface area contributed by atoms with Gasteiger partial charge in [0.15, 0.2) is 0 Å². The number of allylic oxidation sites excluding steroid dienone is 2. The van der Waals surface area contributed by atoms with Gasteiger partial charge in [-0.2, -0.15) is 0 Å². The Balaban J connectivity index is 0.00000116. The molecule has 6 rings (SSSR count). The maximum absolute atomic E-state index is 2.51. The van der Waals surface area contributed by atoms with Gasteiger partial charge in [0, 0.05) is 0 Å². The van der Waals surface area contributed by atoms with E-state index in [1.165, 1.54) is 11.1 Å². The van der Waals surface area contributed by atoms with Gasteiger partial charge in [-0.25, -0.2) is 0 Å². The van der Waals surface area contributed by atoms with Gasteiger partial charge in [-0.05, 0) is 0 Å². The topological polar surface area (TPSA) is 0 Å². The molecule has 152 valence electrons. The summed E-state index contributed by atoms with van der Waals surface area (Å²) in [6, 6.07) is 27.2. The summed E-state index contributed by atoms with van der Waals surface area (Å²) in [4.78, 5) is 0. The molecular weight excluding hydrogens is 493 g/mol. The zero-order chi connectivity index (χ0) is 19.2. The second-order valence-electron chi connectivity index (χ2n) is 7.61. The maximum Gasteiger partial charge on any atom is -1.00 e. The van der Waals surface area contributed by atoms with Crippen molar-refractivity contribution in [2.45, 2.75) is 8.45 Å². The van der Waals surface area contributed by atoms with Crippen LogP contribution in [0.15, 0.2) is 96.0 Å². The van der Waals surface area contributed by atoms with E-state index in [-0.39, 0.29) is 59.0 Å². The summed E-state index contributed by atoms with van der Waals surface area (Å²) in [5.74, 6) is 9.71. The molecule has 0 radical (unpaired) electrons. The van der Waals surface area contributed by atoms with Crippen LogP contribution in [0.1, 0.15) is 30.7 Å². The fraction of sp³-hybridized carbons (Fsp3) is 0.0769. The fourth-order valence-electron chi connectivity index (χ4n) is 4.59. The molecule has 2 atom stereocenters. The van der Waals surface area contributed by atoms with Crippen LogP contribution < -0.4 is 24.8 Å². The number of benzene rings is 2. The largest absolute Gasteiger partial charge is 1.00 e. The van der Waals surface area contributed by atoms with Gasteiger partial charge in [0.1, 0.15) is 0 Å². The summed E-state index contributed by atoms with van der Waals surface area (Å²) >= 11 is -0.292. The average Bonchev–Trinajstić information content (AvgIpc) is 3.55. The molecule has 0 fully saturated rings. The van der Waals surface area contributed by atoms with E-state index in [0.717, 1.165) is 0 Å². The predicted octanol–water partition coefficient (Wildman–Crippen LogP) is 2.56. The van der Waals surface area contributed by atoms with Crippen molar-refractivity contribution in [3.8, 4) is 0 Å². The third kappa shape index (κ3) is 4.12. The van der Waals surface area contributed by atoms with Crippen molar-refractivity contribution in [2.24, 2.45) is 0 Å². The quantitative estimate of drug-likeness (QED) is 0.369. The van der Waals surface area contributed by atoms with E-state index in [9.17, 15) is 0 Å². The molecule has 0 spiro atoms. The summed E-state index contributed by atoms with van der Waals surface area (Å²) in [6.07, 6.45) is 5.03. The van der Waals surface area contributed by atoms with Crippen molar-refractivity contribution in [3.05, 3.63) is 118 Å². The first kappa shape index (κ1) is 23.0. The molecule has 0 N–H and O–H groups in total. The molecule has 2 heterocycles. The van der Waals surface area contributed by atoms with Crippen LogP contribution in [0.4, 0.5) is 0 Å². The standard InChI is InChI=1S/2C13H10P.2ClH.Ti/c2*1-2-6-12-10-13(9-11(12)5-1)14-7-3-4-8-14;;;/h2*1-10H;2*1H;/q;;;;+2/p-2. The minimum atomic E-state index is -0.292. The first-order valence-electron chi connectivity index (χ1n) is 10.0. The van der Waals surface area contributed by atoms with Crippen LogP contribution in [0, 0.1) is 0 Å². The molecule has 0 aliphatic heterocycles. The smallest absolute Gasteiger partial charge is 1.00 e. The second-order valence-corrected chi connectivity index (χ2v) is 13.8. The molecule has 2 aliphatic carbocycles. The number of rotatable bonds is 4. The Morgan fingerprint density at radius 2 is 0.903 bits per heavy atom. The Hall–Kier alpha value is -1.23. The molecule has 4 aromatic rings. The van der Waals surface area contributed by atoms with Gasteiger partial charge in [-0.1, -0.05) is 0 Å². The van der Waals surface area contributed by atoms with Crippen LogP contribution >= 0.6 is 15.1 Å². The molecule has 0 amide bonds. The molecule has 2 aliphatic rings. The van der Waals surface area contributed by atoms with Gasteiger partial charge in [0.2, 0.25) is 0 Å². The predicted molar refractivity (Wildman–Crippen MR) is 125 cm³/mol. The number of hydrogen-bond donors (Lipinski definition) is 0. The molecule has 2 aromatic heterocycles. The molecule has 0 saturated carbocycles. The summed E-state index contributed by atoms with van der Waals surface area (Å²) < 4.78 is 1.27. The van der Waals surface area contributed by atoms with Crippen LogP contribution in [-0.4, -0.2) is 0 Å². The third-order valence-electron chi connectivity index (χ3n) is 5.95. The van der Waals surface area contributed by atoms with Gasteiger partial charge in [0.05, 0.1) is 0 Å². The number of halogens is 2. The molecule has 31 heavy (non-hydrogen) atoms. The monoisotopic (exact) mass is 512 g/mol. The Bertz CT molecular complexity index is 1140. The van der Waals surface area contributed by atoms with Crippen LogP contribution in [-0.2, 0) is 19.2 Å². The van der Waals surface area contributed by atoms with Crippen molar-refractivity contribution in [3.63, 3.8) is 0 Å². The zero-order valence-electron chi connectivity index (χ0n) is 16.7. The Kier molecular flexibility index (Phi) is 7.20. The van der Waals surface area contributed by atoms with Crippen molar-refractivity contribution >= 4 is 37.8 Å². The minimum absolute atomic E-state index is 0. The molecule has 2 unspecified atom stereocenters. The Morgan fingerprint density at radius 1 is 0.516 bits per heavy atom. The molecule has 2 aromatic carbocycles. The molecule has 0 nitrogen and oxygen atoms in total. The number of hydrogen-bond acceptors (Lipinski definition) is 0. The number of fused-ring (bicyclic) bond motifs is 2. The first-order valence-corrected chi connectivity index (χ1v) is 14.8. The van der Waals surface area contributed by atoms with Gasteiger partial charge in [-0.15, -0.1) is 0 Å². The zero-order valence-corrected chi connectivity index (χ0v) is 21.6. The van der Waals surface area contributed by atoms with Crippen LogP contribution in [0.25, 0.3) is 22.8 Å². The first-order chi connectivity index (χ1) is 14.4. The fourth-order valence-corrected chi connectivity index (χ4v) is 12.8. The van der Waals surface area contributed by atoms with Crippen molar-refractivity contribution < 1.29 is 44.0 Å². The van der Waals surface area contributed by atoms with E-state index in [0.29, 0.717) is 8.45 Å². The van der Waals surface area contributed by atoms with E-state index in [4.69, 9.17) is 0 Å². The summed E-state index contributed by atoms with van der Waals surface area (Å²) in [6.45, 7) is 0. The van der Waals surface area contributed by atoms with Gasteiger partial charge in [0.25, 0.3) is 0 Å². The summed E-state index contributed by atoms with van der Waals surface area (Å²) in [7, 11) is -0.510. The third-order valence-corrected chi connectivity index (χ3v) is 13.6. The SMILES string of the molecule is C1=C(p2cccc2)[CH]([Ti+2][CH]2C(p3cccc3)=Cc3ccccc32)c2ccccc21.[Cl-].[Cl-]. The molecule has 0 saturated heterocycles. The maximum atomic E-state index is 2.51. The van der Waals surface area contributed by atoms with Crippen LogP contribution in [0.5, 0.6) is 0 Å². The summed E-state index contributed by atoms with van der Waals surface area (Å²) in [5.41, 5.74) is 6.06. The van der Waals surface area contributed by atoms with E-state index in [2.05, 4.69) is 108 Å². The molecule has 5 heteroatoms. The van der Waals surface area contributed by atoms with Crippen LogP contribution in [0.3, 0.4) is 0 Å². The van der Waals surface area contributed by atoms with Gasteiger partial charge >= 0.3 is 184 Å². The average molecular weight is 513 g/mol. The Labute approximate surface area is 207 Å². The van der Waals surface area contributed by atoms with Gasteiger partial charge < -0.3 is 24.8 Å². The van der Waals surface area contributed by atoms with E-state index in [1.54, 1.807) is 21.8 Å². The van der Waals surface area contributed by atoms with E-state index in [1.807, 2.05) is 0 Å².